The van der Waals surface area contributed by atoms with Crippen LogP contribution in [0.1, 0.15) is 30.7 Å². The third-order valence-electron chi connectivity index (χ3n) is 6.09. The fraction of sp³-hybridized carbons (Fsp3) is 0.310. The van der Waals surface area contributed by atoms with E-state index < -0.39 is 0 Å². The predicted octanol–water partition coefficient (Wildman–Crippen LogP) is 4.12. The lowest BCUT2D eigenvalue weighted by atomic mass is 10.2. The molecule has 0 bridgehead atoms. The van der Waals surface area contributed by atoms with Crippen molar-refractivity contribution in [3.8, 4) is 5.75 Å². The number of hydrogen-bond acceptors (Lipinski definition) is 11. The number of hydrazone groups is 1. The van der Waals surface area contributed by atoms with E-state index in [1.54, 1.807) is 30.7 Å². The van der Waals surface area contributed by atoms with E-state index in [1.807, 2.05) is 57.2 Å². The Labute approximate surface area is 235 Å². The standard InChI is InChI=1S/C29H37N9O2/c1-20-14-26(16-27(39)15-20)35-23(4)7-5-6-22(3)34-25-9-8-24(31-18-25)19-33-38(30)29-32-17-21(2)28(36-29)37-10-12-40-13-11-37/h5-9,14-19,22,34-35,39H,10-13,30H2,1-4H3/b6-5-,23-7+,33-19+. The van der Waals surface area contributed by atoms with Gasteiger partial charge in [-0.25, -0.2) is 10.8 Å². The SMILES string of the molecule is C/C(=C\C=C/C(C)Nc1ccc(/C=N/N(N)c2ncc(C)c(N3CCOCC3)n2)nc1)Nc1cc(C)cc(O)c1. The Morgan fingerprint density at radius 1 is 1.15 bits per heavy atom. The first-order valence-electron chi connectivity index (χ1n) is 13.2. The Bertz CT molecular complexity index is 1350. The maximum atomic E-state index is 9.76. The molecule has 3 heterocycles. The number of hydrazine groups is 1. The molecule has 1 saturated heterocycles. The van der Waals surface area contributed by atoms with Gasteiger partial charge in [0.25, 0.3) is 5.95 Å². The normalized spacial score (nSPS) is 15.0. The van der Waals surface area contributed by atoms with Crippen molar-refractivity contribution < 1.29 is 9.84 Å². The minimum atomic E-state index is 0.0762. The summed E-state index contributed by atoms with van der Waals surface area (Å²) in [5, 5.41) is 21.9. The lowest BCUT2D eigenvalue weighted by Gasteiger charge is -2.29. The molecule has 0 spiro atoms. The maximum Gasteiger partial charge on any atom is 0.263 e. The molecule has 4 rings (SSSR count). The predicted molar refractivity (Wildman–Crippen MR) is 161 cm³/mol. The van der Waals surface area contributed by atoms with Gasteiger partial charge < -0.3 is 25.4 Å². The van der Waals surface area contributed by atoms with Gasteiger partial charge in [-0.15, -0.1) is 0 Å². The number of allylic oxidation sites excluding steroid dienone is 3. The number of rotatable bonds is 10. The topological polar surface area (TPSA) is 137 Å². The van der Waals surface area contributed by atoms with Crippen LogP contribution in [0.3, 0.4) is 0 Å². The molecule has 1 aliphatic heterocycles. The number of aromatic hydroxyl groups is 1. The van der Waals surface area contributed by atoms with Crippen molar-refractivity contribution >= 4 is 29.4 Å². The molecule has 2 aromatic heterocycles. The highest BCUT2D eigenvalue weighted by molar-refractivity contribution is 5.78. The average Bonchev–Trinajstić information content (AvgIpc) is 2.92. The number of nitrogens with two attached hydrogens (primary N) is 1. The zero-order chi connectivity index (χ0) is 28.5. The highest BCUT2D eigenvalue weighted by Crippen LogP contribution is 2.21. The summed E-state index contributed by atoms with van der Waals surface area (Å²) in [6, 6.07) is 9.27. The van der Waals surface area contributed by atoms with Gasteiger partial charge in [0, 0.05) is 48.3 Å². The Balaban J connectivity index is 1.29. The summed E-state index contributed by atoms with van der Waals surface area (Å²) in [6.07, 6.45) is 11.1. The summed E-state index contributed by atoms with van der Waals surface area (Å²) in [7, 11) is 0. The second kappa shape index (κ2) is 13.5. The molecule has 210 valence electrons. The van der Waals surface area contributed by atoms with E-state index in [-0.39, 0.29) is 11.8 Å². The molecule has 1 aliphatic rings. The van der Waals surface area contributed by atoms with Crippen LogP contribution in [-0.4, -0.2) is 58.6 Å². The van der Waals surface area contributed by atoms with E-state index >= 15 is 0 Å². The van der Waals surface area contributed by atoms with Crippen LogP contribution in [0.5, 0.6) is 5.75 Å². The molecular formula is C29H37N9O2. The van der Waals surface area contributed by atoms with Crippen LogP contribution < -0.4 is 26.5 Å². The van der Waals surface area contributed by atoms with Crippen LogP contribution in [0.15, 0.2) is 71.8 Å². The smallest absolute Gasteiger partial charge is 0.263 e. The summed E-state index contributed by atoms with van der Waals surface area (Å²) in [5.41, 5.74) is 5.31. The summed E-state index contributed by atoms with van der Waals surface area (Å²) in [5.74, 6) is 7.50. The Morgan fingerprint density at radius 2 is 1.95 bits per heavy atom. The second-order valence-electron chi connectivity index (χ2n) is 9.69. The van der Waals surface area contributed by atoms with Crippen LogP contribution in [0.2, 0.25) is 0 Å². The van der Waals surface area contributed by atoms with E-state index in [1.165, 1.54) is 0 Å². The number of nitrogens with one attached hydrogen (secondary N) is 2. The molecule has 1 aromatic carbocycles. The molecule has 11 nitrogen and oxygen atoms in total. The third kappa shape index (κ3) is 8.26. The fourth-order valence-corrected chi connectivity index (χ4v) is 4.15. The van der Waals surface area contributed by atoms with E-state index in [0.717, 1.165) is 52.2 Å². The number of aromatic nitrogens is 3. The van der Waals surface area contributed by atoms with Gasteiger partial charge in [-0.3, -0.25) is 4.98 Å². The maximum absolute atomic E-state index is 9.76. The van der Waals surface area contributed by atoms with Gasteiger partial charge in [-0.05, 0) is 63.6 Å². The molecule has 0 aliphatic carbocycles. The molecule has 1 atom stereocenters. The van der Waals surface area contributed by atoms with Crippen molar-refractivity contribution in [2.24, 2.45) is 10.9 Å². The van der Waals surface area contributed by atoms with Gasteiger partial charge in [-0.1, -0.05) is 12.2 Å². The number of nitrogens with zero attached hydrogens (tertiary/aromatic N) is 6. The van der Waals surface area contributed by atoms with Gasteiger partial charge in [-0.2, -0.15) is 15.2 Å². The first-order valence-corrected chi connectivity index (χ1v) is 13.2. The van der Waals surface area contributed by atoms with Crippen LogP contribution in [-0.2, 0) is 4.74 Å². The zero-order valence-electron chi connectivity index (χ0n) is 23.4. The molecule has 3 aromatic rings. The highest BCUT2D eigenvalue weighted by atomic mass is 16.5. The van der Waals surface area contributed by atoms with Crippen molar-refractivity contribution in [1.82, 2.24) is 15.0 Å². The number of benzene rings is 1. The summed E-state index contributed by atoms with van der Waals surface area (Å²) >= 11 is 0. The van der Waals surface area contributed by atoms with Crippen LogP contribution in [0, 0.1) is 13.8 Å². The molecule has 5 N–H and O–H groups in total. The second-order valence-corrected chi connectivity index (χ2v) is 9.69. The van der Waals surface area contributed by atoms with Gasteiger partial charge in [0.2, 0.25) is 0 Å². The summed E-state index contributed by atoms with van der Waals surface area (Å²) in [4.78, 5) is 15.5. The summed E-state index contributed by atoms with van der Waals surface area (Å²) in [6.45, 7) is 10.8. The first kappa shape index (κ1) is 28.5. The quantitative estimate of drug-likeness (QED) is 0.128. The number of ether oxygens (including phenoxy) is 1. The number of hydrogen-bond donors (Lipinski definition) is 4. The molecule has 1 fully saturated rings. The molecular weight excluding hydrogens is 506 g/mol. The Hall–Kier alpha value is -4.48. The van der Waals surface area contributed by atoms with Crippen molar-refractivity contribution in [2.75, 3.05) is 47.0 Å². The van der Waals surface area contributed by atoms with Gasteiger partial charge >= 0.3 is 0 Å². The molecule has 0 amide bonds. The van der Waals surface area contributed by atoms with E-state index in [4.69, 9.17) is 10.6 Å². The monoisotopic (exact) mass is 543 g/mol. The molecule has 11 heteroatoms. The van der Waals surface area contributed by atoms with Gasteiger partial charge in [0.05, 0.1) is 37.0 Å². The largest absolute Gasteiger partial charge is 0.508 e. The average molecular weight is 544 g/mol. The fourth-order valence-electron chi connectivity index (χ4n) is 4.15. The minimum Gasteiger partial charge on any atom is -0.508 e. The van der Waals surface area contributed by atoms with E-state index in [0.29, 0.717) is 24.9 Å². The highest BCUT2D eigenvalue weighted by Gasteiger charge is 2.17. The number of pyridine rings is 1. The molecule has 40 heavy (non-hydrogen) atoms. The minimum absolute atomic E-state index is 0.0762. The van der Waals surface area contributed by atoms with Crippen LogP contribution in [0.4, 0.5) is 23.1 Å². The molecule has 0 saturated carbocycles. The van der Waals surface area contributed by atoms with Crippen molar-refractivity contribution in [1.29, 1.82) is 0 Å². The lowest BCUT2D eigenvalue weighted by Crippen LogP contribution is -2.38. The Morgan fingerprint density at radius 3 is 2.67 bits per heavy atom. The summed E-state index contributed by atoms with van der Waals surface area (Å²) < 4.78 is 5.44. The first-order chi connectivity index (χ1) is 19.3. The van der Waals surface area contributed by atoms with E-state index in [9.17, 15) is 5.11 Å². The zero-order valence-corrected chi connectivity index (χ0v) is 23.4. The van der Waals surface area contributed by atoms with Crippen molar-refractivity contribution in [3.63, 3.8) is 0 Å². The Kier molecular flexibility index (Phi) is 9.66. The van der Waals surface area contributed by atoms with Gasteiger partial charge in [0.1, 0.15) is 11.6 Å². The van der Waals surface area contributed by atoms with Gasteiger partial charge in [0.15, 0.2) is 0 Å². The van der Waals surface area contributed by atoms with Crippen molar-refractivity contribution in [2.45, 2.75) is 33.7 Å². The number of phenolic OH excluding ortho intramolecular Hbond substituents is 1. The third-order valence-corrected chi connectivity index (χ3v) is 6.09. The number of phenols is 1. The van der Waals surface area contributed by atoms with E-state index in [2.05, 4.69) is 42.5 Å². The van der Waals surface area contributed by atoms with Crippen molar-refractivity contribution in [3.05, 3.63) is 83.5 Å². The van der Waals surface area contributed by atoms with Crippen LogP contribution in [0.25, 0.3) is 0 Å². The lowest BCUT2D eigenvalue weighted by molar-refractivity contribution is 0.122. The number of morpholine rings is 1. The van der Waals surface area contributed by atoms with Crippen LogP contribution >= 0.6 is 0 Å². The number of aryl methyl sites for hydroxylation is 2. The number of anilines is 4. The molecule has 0 radical (unpaired) electrons. The molecule has 1 unspecified atom stereocenters.